The van der Waals surface area contributed by atoms with Gasteiger partial charge >= 0.3 is 0 Å². The van der Waals surface area contributed by atoms with Crippen molar-refractivity contribution < 1.29 is 47.7 Å². The molecule has 0 aliphatic carbocycles. The maximum Gasteiger partial charge on any atom is 0.0840 e. The summed E-state index contributed by atoms with van der Waals surface area (Å²) in [7, 11) is 0. The fourth-order valence-electron chi connectivity index (χ4n) is 2.39. The van der Waals surface area contributed by atoms with Crippen molar-refractivity contribution >= 4 is 0 Å². The van der Waals surface area contributed by atoms with E-state index in [1.807, 2.05) is 6.92 Å². The Labute approximate surface area is 215 Å². The molecule has 0 radical (unpaired) electrons. The van der Waals surface area contributed by atoms with Gasteiger partial charge in [0.25, 0.3) is 0 Å². The molecule has 5 N–H and O–H groups in total. The second-order valence-corrected chi connectivity index (χ2v) is 7.20. The minimum Gasteiger partial charge on any atom is -0.399 e. The lowest BCUT2D eigenvalue weighted by Crippen LogP contribution is -2.30. The third-order valence-electron chi connectivity index (χ3n) is 4.19. The number of hydrogen-bond donors (Lipinski definition) is 3. The molecule has 0 amide bonds. The van der Waals surface area contributed by atoms with Crippen LogP contribution in [0.2, 0.25) is 0 Å². The van der Waals surface area contributed by atoms with Gasteiger partial charge in [-0.15, -0.1) is 0 Å². The van der Waals surface area contributed by atoms with Crippen molar-refractivity contribution in [2.24, 2.45) is 11.6 Å². The highest BCUT2D eigenvalue weighted by molar-refractivity contribution is 4.94. The molecule has 0 saturated carbocycles. The molecule has 0 aliphatic rings. The molecule has 13 nitrogen and oxygen atoms in total. The number of ether oxygens (including phenoxy) is 9. The van der Waals surface area contributed by atoms with E-state index in [-0.39, 0.29) is 6.61 Å². The van der Waals surface area contributed by atoms with Crippen molar-refractivity contribution in [1.29, 1.82) is 0 Å². The van der Waals surface area contributed by atoms with Gasteiger partial charge < -0.3 is 58.5 Å². The van der Waals surface area contributed by atoms with E-state index in [1.54, 1.807) is 0 Å². The Kier molecular flexibility index (Phi) is 29.2. The lowest BCUT2D eigenvalue weighted by molar-refractivity contribution is -0.0249. The molecule has 36 heavy (non-hydrogen) atoms. The van der Waals surface area contributed by atoms with E-state index in [2.05, 4.69) is 0 Å². The van der Waals surface area contributed by atoms with Crippen LogP contribution in [0.15, 0.2) is 11.9 Å². The summed E-state index contributed by atoms with van der Waals surface area (Å²) in [6, 6.07) is 0. The minimum absolute atomic E-state index is 0.230. The third-order valence-corrected chi connectivity index (χ3v) is 4.19. The first-order chi connectivity index (χ1) is 17.7. The summed E-state index contributed by atoms with van der Waals surface area (Å²) >= 11 is 0. The summed E-state index contributed by atoms with van der Waals surface area (Å²) < 4.78 is 48.5. The Morgan fingerprint density at radius 3 is 1.11 bits per heavy atom. The third kappa shape index (κ3) is 29.1. The van der Waals surface area contributed by atoms with Crippen molar-refractivity contribution in [1.82, 2.24) is 5.01 Å². The highest BCUT2D eigenvalue weighted by Crippen LogP contribution is 1.88. The van der Waals surface area contributed by atoms with E-state index in [0.717, 1.165) is 0 Å². The van der Waals surface area contributed by atoms with Crippen LogP contribution in [0.5, 0.6) is 0 Å². The Bertz CT molecular complexity index is 464. The first-order valence-corrected chi connectivity index (χ1v) is 12.5. The SMILES string of the molecule is CCOCCOCCOCCOCCOCCOCCOCCOCCOCCN(N)/C=C(\N)CO. The van der Waals surface area contributed by atoms with Gasteiger partial charge in [-0.05, 0) is 6.92 Å². The number of nitrogens with zero attached hydrogens (tertiary/aromatic N) is 1. The first-order valence-electron chi connectivity index (χ1n) is 12.5. The molecule has 0 aromatic heterocycles. The second-order valence-electron chi connectivity index (χ2n) is 7.20. The van der Waals surface area contributed by atoms with E-state index in [4.69, 9.17) is 59.3 Å². The van der Waals surface area contributed by atoms with Crippen LogP contribution in [0.3, 0.4) is 0 Å². The molecule has 0 aliphatic heterocycles. The second kappa shape index (κ2) is 30.1. The average Bonchev–Trinajstić information content (AvgIpc) is 2.88. The van der Waals surface area contributed by atoms with Gasteiger partial charge in [-0.2, -0.15) is 0 Å². The number of rotatable bonds is 30. The quantitative estimate of drug-likeness (QED) is 0.0601. The topological polar surface area (TPSA) is 159 Å². The van der Waals surface area contributed by atoms with Gasteiger partial charge in [0.15, 0.2) is 0 Å². The number of hydrazine groups is 1. The molecule has 0 atom stereocenters. The number of aliphatic hydroxyl groups excluding tert-OH is 1. The molecule has 0 aromatic rings. The normalized spacial score (nSPS) is 11.9. The predicted molar refractivity (Wildman–Crippen MR) is 133 cm³/mol. The molecule has 216 valence electrons. The fraction of sp³-hybridized carbons (Fsp3) is 0.913. The molecule has 0 spiro atoms. The van der Waals surface area contributed by atoms with E-state index >= 15 is 0 Å². The molecule has 13 heteroatoms. The van der Waals surface area contributed by atoms with Crippen molar-refractivity contribution in [3.05, 3.63) is 11.9 Å². The molecule has 0 fully saturated rings. The number of aliphatic hydroxyl groups is 1. The predicted octanol–water partition coefficient (Wildman–Crippen LogP) is -0.876. The molecule has 0 heterocycles. The molecular weight excluding hydrogens is 478 g/mol. The van der Waals surface area contributed by atoms with E-state index < -0.39 is 0 Å². The van der Waals surface area contributed by atoms with Gasteiger partial charge in [-0.3, -0.25) is 0 Å². The van der Waals surface area contributed by atoms with Crippen molar-refractivity contribution in [3.8, 4) is 0 Å². The van der Waals surface area contributed by atoms with Gasteiger partial charge in [0, 0.05) is 12.8 Å². The minimum atomic E-state index is -0.230. The molecule has 0 rings (SSSR count). The zero-order valence-corrected chi connectivity index (χ0v) is 21.9. The van der Waals surface area contributed by atoms with Crippen LogP contribution in [0.1, 0.15) is 6.92 Å². The maximum atomic E-state index is 8.80. The standard InChI is InChI=1S/C23H49N3O10/c1-2-28-5-6-30-9-10-32-13-14-34-17-18-36-20-19-35-16-15-33-12-11-31-8-7-29-4-3-26(25)21-23(24)22-27/h21,27H,2-20,22,24-25H2,1H3/b23-21-. The van der Waals surface area contributed by atoms with Crippen LogP contribution in [-0.2, 0) is 42.6 Å². The monoisotopic (exact) mass is 527 g/mol. The summed E-state index contributed by atoms with van der Waals surface area (Å²) in [4.78, 5) is 0. The number of nitrogens with two attached hydrogens (primary N) is 2. The van der Waals surface area contributed by atoms with Crippen molar-refractivity contribution in [2.45, 2.75) is 6.92 Å². The summed E-state index contributed by atoms with van der Waals surface area (Å²) in [5.74, 6) is 5.66. The van der Waals surface area contributed by atoms with Gasteiger partial charge in [0.2, 0.25) is 0 Å². The average molecular weight is 528 g/mol. The van der Waals surface area contributed by atoms with Crippen LogP contribution in [-0.4, -0.2) is 142 Å². The zero-order valence-electron chi connectivity index (χ0n) is 21.9. The van der Waals surface area contributed by atoms with Crippen LogP contribution >= 0.6 is 0 Å². The Balaban J connectivity index is 3.10. The largest absolute Gasteiger partial charge is 0.399 e. The molecule has 0 unspecified atom stereocenters. The number of hydrogen-bond acceptors (Lipinski definition) is 13. The Hall–Kier alpha value is -1.10. The van der Waals surface area contributed by atoms with E-state index in [0.29, 0.717) is 131 Å². The van der Waals surface area contributed by atoms with Crippen LogP contribution in [0.25, 0.3) is 0 Å². The van der Waals surface area contributed by atoms with Crippen molar-refractivity contribution in [3.63, 3.8) is 0 Å². The lowest BCUT2D eigenvalue weighted by Gasteiger charge is -2.14. The summed E-state index contributed by atoms with van der Waals surface area (Å²) in [6.45, 7) is 11.7. The van der Waals surface area contributed by atoms with Crippen LogP contribution < -0.4 is 11.6 Å². The van der Waals surface area contributed by atoms with Crippen LogP contribution in [0, 0.1) is 0 Å². The van der Waals surface area contributed by atoms with Gasteiger partial charge in [0.1, 0.15) is 0 Å². The van der Waals surface area contributed by atoms with Crippen LogP contribution in [0.4, 0.5) is 0 Å². The highest BCUT2D eigenvalue weighted by Gasteiger charge is 1.97. The summed E-state index contributed by atoms with van der Waals surface area (Å²) in [6.07, 6.45) is 1.47. The summed E-state index contributed by atoms with van der Waals surface area (Å²) in [5.41, 5.74) is 5.76. The first kappa shape index (κ1) is 34.9. The van der Waals surface area contributed by atoms with Gasteiger partial charge in [0.05, 0.1) is 131 Å². The Morgan fingerprint density at radius 1 is 0.556 bits per heavy atom. The lowest BCUT2D eigenvalue weighted by atomic mass is 10.5. The molecule has 0 bridgehead atoms. The molecular formula is C23H49N3O10. The van der Waals surface area contributed by atoms with Gasteiger partial charge in [-0.1, -0.05) is 0 Å². The van der Waals surface area contributed by atoms with E-state index in [9.17, 15) is 0 Å². The fourth-order valence-corrected chi connectivity index (χ4v) is 2.39. The highest BCUT2D eigenvalue weighted by atomic mass is 16.6. The smallest absolute Gasteiger partial charge is 0.0840 e. The zero-order chi connectivity index (χ0) is 26.4. The summed E-state index contributed by atoms with van der Waals surface area (Å²) in [5, 5.41) is 10.2. The Morgan fingerprint density at radius 2 is 0.833 bits per heavy atom. The van der Waals surface area contributed by atoms with E-state index in [1.165, 1.54) is 11.2 Å². The molecule has 0 saturated heterocycles. The maximum absolute atomic E-state index is 8.80. The molecule has 0 aromatic carbocycles. The van der Waals surface area contributed by atoms with Gasteiger partial charge in [-0.25, -0.2) is 5.84 Å². The van der Waals surface area contributed by atoms with Crippen molar-refractivity contribution in [2.75, 3.05) is 132 Å².